The van der Waals surface area contributed by atoms with Gasteiger partial charge in [-0.2, -0.15) is 23.3 Å². The minimum Gasteiger partial charge on any atom is -0.356 e. The van der Waals surface area contributed by atoms with Gasteiger partial charge in [-0.3, -0.25) is 4.79 Å². The number of alkyl halides is 3. The lowest BCUT2D eigenvalue weighted by Gasteiger charge is -2.51. The van der Waals surface area contributed by atoms with Crippen LogP contribution in [0.2, 0.25) is 5.28 Å². The number of rotatable bonds is 3. The zero-order chi connectivity index (χ0) is 25.7. The summed E-state index contributed by atoms with van der Waals surface area (Å²) in [5, 5.41) is 3.59. The third-order valence-corrected chi connectivity index (χ3v) is 6.92. The fraction of sp³-hybridized carbons (Fsp3) is 0.391. The SMILES string of the molecule is O=C1CCCC2(CCN(c3cc(-n4cc(C(F)(F)F)cn4)nc(Cl)n3)CC2)N1c1ccc(F)c(F)c1. The van der Waals surface area contributed by atoms with E-state index < -0.39 is 28.9 Å². The summed E-state index contributed by atoms with van der Waals surface area (Å²) in [5.74, 6) is -1.66. The predicted molar refractivity (Wildman–Crippen MR) is 121 cm³/mol. The van der Waals surface area contributed by atoms with Gasteiger partial charge in [0.2, 0.25) is 11.2 Å². The first kappa shape index (κ1) is 24.4. The van der Waals surface area contributed by atoms with Crippen LogP contribution in [0.25, 0.3) is 5.82 Å². The number of nitrogens with zero attached hydrogens (tertiary/aromatic N) is 6. The molecule has 2 fully saturated rings. The number of piperidine rings is 2. The summed E-state index contributed by atoms with van der Waals surface area (Å²) < 4.78 is 67.4. The molecule has 1 aromatic carbocycles. The molecule has 1 amide bonds. The van der Waals surface area contributed by atoms with Crippen molar-refractivity contribution in [3.8, 4) is 5.82 Å². The summed E-state index contributed by atoms with van der Waals surface area (Å²) in [6, 6.07) is 4.96. The number of amides is 1. The quantitative estimate of drug-likeness (QED) is 0.348. The average molecular weight is 527 g/mol. The van der Waals surface area contributed by atoms with E-state index in [-0.39, 0.29) is 17.0 Å². The summed E-state index contributed by atoms with van der Waals surface area (Å²) in [4.78, 5) is 24.6. The van der Waals surface area contributed by atoms with Gasteiger partial charge in [0, 0.05) is 43.5 Å². The topological polar surface area (TPSA) is 67.2 Å². The van der Waals surface area contributed by atoms with E-state index in [0.29, 0.717) is 62.9 Å². The second-order valence-corrected chi connectivity index (χ2v) is 9.26. The Kier molecular flexibility index (Phi) is 6.09. The van der Waals surface area contributed by atoms with Gasteiger partial charge in [-0.05, 0) is 49.4 Å². The van der Waals surface area contributed by atoms with Crippen LogP contribution < -0.4 is 9.80 Å². The zero-order valence-electron chi connectivity index (χ0n) is 18.8. The van der Waals surface area contributed by atoms with Gasteiger partial charge in [-0.1, -0.05) is 0 Å². The summed E-state index contributed by atoms with van der Waals surface area (Å²) in [6.07, 6.45) is -0.273. The van der Waals surface area contributed by atoms with Crippen LogP contribution in [-0.2, 0) is 11.0 Å². The molecule has 2 aromatic heterocycles. The minimum atomic E-state index is -4.55. The van der Waals surface area contributed by atoms with E-state index in [4.69, 9.17) is 11.6 Å². The molecule has 190 valence electrons. The standard InChI is InChI=1S/C23H20ClF5N6O/c24-21-31-18(11-19(32-21)34-13-14(12-30-34)23(27,28)29)33-8-6-22(7-9-33)5-1-2-20(36)35(22)15-3-4-16(25)17(26)10-15/h3-4,10-13H,1-2,5-9H2. The van der Waals surface area contributed by atoms with Crippen molar-refractivity contribution in [2.75, 3.05) is 22.9 Å². The number of hydrogen-bond donors (Lipinski definition) is 0. The lowest BCUT2D eigenvalue weighted by Crippen LogP contribution is -2.60. The molecular formula is C23H20ClF5N6O. The second-order valence-electron chi connectivity index (χ2n) is 8.92. The molecule has 0 unspecified atom stereocenters. The second kappa shape index (κ2) is 8.99. The molecule has 0 radical (unpaired) electrons. The number of halogens is 6. The highest BCUT2D eigenvalue weighted by Crippen LogP contribution is 2.42. The van der Waals surface area contributed by atoms with E-state index in [1.807, 2.05) is 4.90 Å². The molecule has 1 spiro atoms. The van der Waals surface area contributed by atoms with Gasteiger partial charge in [0.1, 0.15) is 5.82 Å². The van der Waals surface area contributed by atoms with Gasteiger partial charge < -0.3 is 9.80 Å². The van der Waals surface area contributed by atoms with Gasteiger partial charge in [-0.25, -0.2) is 18.4 Å². The maximum atomic E-state index is 14.0. The molecule has 0 bridgehead atoms. The van der Waals surface area contributed by atoms with Crippen molar-refractivity contribution in [2.24, 2.45) is 0 Å². The van der Waals surface area contributed by atoms with Crippen molar-refractivity contribution in [1.82, 2.24) is 19.7 Å². The fourth-order valence-electron chi connectivity index (χ4n) is 4.99. The third kappa shape index (κ3) is 4.49. The first-order chi connectivity index (χ1) is 17.1. The van der Waals surface area contributed by atoms with E-state index >= 15 is 0 Å². The molecular weight excluding hydrogens is 507 g/mol. The summed E-state index contributed by atoms with van der Waals surface area (Å²) in [5.41, 5.74) is -1.17. The van der Waals surface area contributed by atoms with Gasteiger partial charge >= 0.3 is 6.18 Å². The van der Waals surface area contributed by atoms with Crippen molar-refractivity contribution in [2.45, 2.75) is 43.8 Å². The number of hydrogen-bond acceptors (Lipinski definition) is 5. The van der Waals surface area contributed by atoms with E-state index in [1.165, 1.54) is 12.1 Å². The maximum absolute atomic E-state index is 14.0. The molecule has 2 aliphatic heterocycles. The molecule has 3 aromatic rings. The van der Waals surface area contributed by atoms with Crippen LogP contribution in [0.4, 0.5) is 33.5 Å². The number of benzene rings is 1. The number of carbonyl (C=O) groups excluding carboxylic acids is 1. The Morgan fingerprint density at radius 2 is 1.69 bits per heavy atom. The Bertz CT molecular complexity index is 1300. The van der Waals surface area contributed by atoms with Gasteiger partial charge in [0.05, 0.1) is 17.3 Å². The predicted octanol–water partition coefficient (Wildman–Crippen LogP) is 5.17. The van der Waals surface area contributed by atoms with Crippen LogP contribution in [-0.4, -0.2) is 44.3 Å². The van der Waals surface area contributed by atoms with E-state index in [1.54, 1.807) is 4.90 Å². The molecule has 5 rings (SSSR count). The summed E-state index contributed by atoms with van der Waals surface area (Å²) >= 11 is 6.08. The van der Waals surface area contributed by atoms with Crippen molar-refractivity contribution in [1.29, 1.82) is 0 Å². The average Bonchev–Trinajstić information content (AvgIpc) is 3.33. The van der Waals surface area contributed by atoms with Crippen LogP contribution in [0.1, 0.15) is 37.7 Å². The maximum Gasteiger partial charge on any atom is 0.419 e. The highest BCUT2D eigenvalue weighted by molar-refractivity contribution is 6.28. The first-order valence-corrected chi connectivity index (χ1v) is 11.6. The Balaban J connectivity index is 1.39. The number of carbonyl (C=O) groups is 1. The molecule has 0 atom stereocenters. The Morgan fingerprint density at radius 1 is 0.972 bits per heavy atom. The number of aromatic nitrogens is 4. The van der Waals surface area contributed by atoms with E-state index in [0.717, 1.165) is 23.0 Å². The highest BCUT2D eigenvalue weighted by atomic mass is 35.5. The highest BCUT2D eigenvalue weighted by Gasteiger charge is 2.45. The van der Waals surface area contributed by atoms with Crippen LogP contribution in [0.3, 0.4) is 0 Å². The van der Waals surface area contributed by atoms with Crippen LogP contribution >= 0.6 is 11.6 Å². The summed E-state index contributed by atoms with van der Waals surface area (Å²) in [7, 11) is 0. The monoisotopic (exact) mass is 526 g/mol. The molecule has 0 saturated carbocycles. The molecule has 2 saturated heterocycles. The molecule has 2 aliphatic rings. The van der Waals surface area contributed by atoms with Crippen LogP contribution in [0, 0.1) is 11.6 Å². The normalized spacial score (nSPS) is 18.2. The van der Waals surface area contributed by atoms with Gasteiger partial charge in [0.15, 0.2) is 17.5 Å². The fourth-order valence-corrected chi connectivity index (χ4v) is 5.17. The van der Waals surface area contributed by atoms with Gasteiger partial charge in [-0.15, -0.1) is 0 Å². The third-order valence-electron chi connectivity index (χ3n) is 6.75. The van der Waals surface area contributed by atoms with E-state index in [2.05, 4.69) is 15.1 Å². The Labute approximate surface area is 207 Å². The summed E-state index contributed by atoms with van der Waals surface area (Å²) in [6.45, 7) is 0.903. The van der Waals surface area contributed by atoms with Crippen LogP contribution in [0.5, 0.6) is 0 Å². The van der Waals surface area contributed by atoms with Crippen LogP contribution in [0.15, 0.2) is 36.7 Å². The lowest BCUT2D eigenvalue weighted by atomic mass is 9.78. The van der Waals surface area contributed by atoms with E-state index in [9.17, 15) is 26.7 Å². The van der Waals surface area contributed by atoms with Crippen molar-refractivity contribution in [3.05, 3.63) is 59.1 Å². The molecule has 0 N–H and O–H groups in total. The van der Waals surface area contributed by atoms with Crippen molar-refractivity contribution < 1.29 is 26.7 Å². The molecule has 7 nitrogen and oxygen atoms in total. The Morgan fingerprint density at radius 3 is 2.36 bits per heavy atom. The van der Waals surface area contributed by atoms with Gasteiger partial charge in [0.25, 0.3) is 0 Å². The van der Waals surface area contributed by atoms with Crippen molar-refractivity contribution in [3.63, 3.8) is 0 Å². The lowest BCUT2D eigenvalue weighted by molar-refractivity contribution is -0.137. The smallest absolute Gasteiger partial charge is 0.356 e. The Hall–Kier alpha value is -3.28. The first-order valence-electron chi connectivity index (χ1n) is 11.3. The largest absolute Gasteiger partial charge is 0.419 e. The molecule has 13 heteroatoms. The molecule has 0 aliphatic carbocycles. The zero-order valence-corrected chi connectivity index (χ0v) is 19.5. The minimum absolute atomic E-state index is 0.0806. The number of anilines is 2. The molecule has 36 heavy (non-hydrogen) atoms. The van der Waals surface area contributed by atoms with Crippen molar-refractivity contribution >= 4 is 29.0 Å². The molecule has 4 heterocycles.